The van der Waals surface area contributed by atoms with Gasteiger partial charge in [0.2, 0.25) is 0 Å². The van der Waals surface area contributed by atoms with Gasteiger partial charge in [-0.15, -0.1) is 0 Å². The van der Waals surface area contributed by atoms with Crippen LogP contribution in [0.1, 0.15) is 11.1 Å². The minimum atomic E-state index is -0.489. The summed E-state index contributed by atoms with van der Waals surface area (Å²) in [6.07, 6.45) is 2.91. The van der Waals surface area contributed by atoms with Gasteiger partial charge in [-0.3, -0.25) is 0 Å². The number of benzene rings is 2. The molecular weight excluding hydrogens is 344 g/mol. The molecule has 0 heterocycles. The molecule has 0 aliphatic rings. The first-order valence-electron chi connectivity index (χ1n) is 7.47. The van der Waals surface area contributed by atoms with Gasteiger partial charge < -0.3 is 18.9 Å². The normalized spacial score (nSPS) is 10.6. The minimum absolute atomic E-state index is 0.103. The fourth-order valence-corrected chi connectivity index (χ4v) is 2.34. The topological polar surface area (TPSA) is 54.0 Å². The van der Waals surface area contributed by atoms with Crippen LogP contribution >= 0.6 is 11.6 Å². The summed E-state index contributed by atoms with van der Waals surface area (Å²) in [5, 5.41) is 0.556. The van der Waals surface area contributed by atoms with E-state index in [0.29, 0.717) is 27.8 Å². The second-order valence-electron chi connectivity index (χ2n) is 4.98. The molecule has 2 rings (SSSR count). The van der Waals surface area contributed by atoms with Gasteiger partial charge in [-0.2, -0.15) is 0 Å². The molecule has 0 radical (unpaired) electrons. The fourth-order valence-electron chi connectivity index (χ4n) is 2.15. The van der Waals surface area contributed by atoms with E-state index < -0.39 is 5.97 Å². The molecule has 0 aliphatic heterocycles. The van der Waals surface area contributed by atoms with E-state index >= 15 is 0 Å². The molecule has 0 N–H and O–H groups in total. The SMILES string of the molecule is COc1cc(OC)c(OC)cc1/C=C/C(=O)OCc1ccccc1Cl. The number of hydrogen-bond donors (Lipinski definition) is 0. The molecule has 2 aromatic rings. The number of esters is 1. The molecule has 0 bridgehead atoms. The molecule has 6 heteroatoms. The predicted octanol–water partition coefficient (Wildman–Crippen LogP) is 4.12. The molecule has 132 valence electrons. The molecule has 0 aromatic heterocycles. The first kappa shape index (κ1) is 18.7. The van der Waals surface area contributed by atoms with Crippen molar-refractivity contribution in [3.63, 3.8) is 0 Å². The lowest BCUT2D eigenvalue weighted by Crippen LogP contribution is -2.01. The summed E-state index contributed by atoms with van der Waals surface area (Å²) >= 11 is 6.03. The molecule has 0 spiro atoms. The fraction of sp³-hybridized carbons (Fsp3) is 0.211. The average molecular weight is 363 g/mol. The first-order valence-corrected chi connectivity index (χ1v) is 7.85. The number of methoxy groups -OCH3 is 3. The van der Waals surface area contributed by atoms with Gasteiger partial charge in [-0.25, -0.2) is 4.79 Å². The lowest BCUT2D eigenvalue weighted by molar-refractivity contribution is -0.138. The number of halogens is 1. The Kier molecular flexibility index (Phi) is 6.71. The summed E-state index contributed by atoms with van der Waals surface area (Å²) in [6.45, 7) is 0.103. The van der Waals surface area contributed by atoms with E-state index in [2.05, 4.69) is 0 Å². The van der Waals surface area contributed by atoms with Gasteiger partial charge in [-0.1, -0.05) is 29.8 Å². The van der Waals surface area contributed by atoms with E-state index in [1.165, 1.54) is 20.3 Å². The molecule has 2 aromatic carbocycles. The van der Waals surface area contributed by atoms with E-state index in [1.807, 2.05) is 12.1 Å². The molecule has 0 atom stereocenters. The maximum atomic E-state index is 11.9. The van der Waals surface area contributed by atoms with Crippen LogP contribution in [0.25, 0.3) is 6.08 Å². The van der Waals surface area contributed by atoms with Gasteiger partial charge in [0.25, 0.3) is 0 Å². The third-order valence-corrected chi connectivity index (χ3v) is 3.83. The van der Waals surface area contributed by atoms with Crippen LogP contribution in [-0.2, 0) is 16.1 Å². The Bertz CT molecular complexity index is 770. The highest BCUT2D eigenvalue weighted by Crippen LogP contribution is 2.35. The highest BCUT2D eigenvalue weighted by atomic mass is 35.5. The summed E-state index contributed by atoms with van der Waals surface area (Å²) in [4.78, 5) is 11.9. The van der Waals surface area contributed by atoms with Crippen LogP contribution in [0, 0.1) is 0 Å². The highest BCUT2D eigenvalue weighted by Gasteiger charge is 2.10. The Labute approximate surface area is 151 Å². The van der Waals surface area contributed by atoms with Crippen LogP contribution in [0.3, 0.4) is 0 Å². The largest absolute Gasteiger partial charge is 0.496 e. The van der Waals surface area contributed by atoms with Gasteiger partial charge in [0.1, 0.15) is 12.4 Å². The molecule has 0 fully saturated rings. The van der Waals surface area contributed by atoms with Crippen LogP contribution in [0.4, 0.5) is 0 Å². The Morgan fingerprint density at radius 1 is 1.00 bits per heavy atom. The smallest absolute Gasteiger partial charge is 0.331 e. The van der Waals surface area contributed by atoms with Gasteiger partial charge in [0.15, 0.2) is 11.5 Å². The van der Waals surface area contributed by atoms with Crippen molar-refractivity contribution in [2.24, 2.45) is 0 Å². The Morgan fingerprint density at radius 2 is 1.64 bits per heavy atom. The molecule has 0 saturated carbocycles. The molecule has 5 nitrogen and oxygen atoms in total. The quantitative estimate of drug-likeness (QED) is 0.547. The number of ether oxygens (including phenoxy) is 4. The van der Waals surface area contributed by atoms with Crippen LogP contribution in [0.15, 0.2) is 42.5 Å². The van der Waals surface area contributed by atoms with E-state index in [1.54, 1.807) is 37.5 Å². The lowest BCUT2D eigenvalue weighted by Gasteiger charge is -2.12. The standard InChI is InChI=1S/C19H19ClO5/c1-22-16-11-18(24-3)17(23-2)10-13(16)8-9-19(21)25-12-14-6-4-5-7-15(14)20/h4-11H,12H2,1-3H3/b9-8+. The van der Waals surface area contributed by atoms with E-state index in [9.17, 15) is 4.79 Å². The maximum absolute atomic E-state index is 11.9. The van der Waals surface area contributed by atoms with Crippen molar-refractivity contribution in [3.05, 3.63) is 58.6 Å². The number of hydrogen-bond acceptors (Lipinski definition) is 5. The summed E-state index contributed by atoms with van der Waals surface area (Å²) < 4.78 is 21.0. The Hall–Kier alpha value is -2.66. The second kappa shape index (κ2) is 8.99. The van der Waals surface area contributed by atoms with Crippen molar-refractivity contribution in [2.75, 3.05) is 21.3 Å². The number of rotatable bonds is 7. The monoisotopic (exact) mass is 362 g/mol. The zero-order chi connectivity index (χ0) is 18.2. The van der Waals surface area contributed by atoms with Crippen molar-refractivity contribution in [3.8, 4) is 17.2 Å². The third-order valence-electron chi connectivity index (χ3n) is 3.46. The van der Waals surface area contributed by atoms with Crippen molar-refractivity contribution in [1.82, 2.24) is 0 Å². The van der Waals surface area contributed by atoms with Crippen LogP contribution < -0.4 is 14.2 Å². The maximum Gasteiger partial charge on any atom is 0.331 e. The number of carbonyl (C=O) groups is 1. The van der Waals surface area contributed by atoms with Crippen molar-refractivity contribution in [2.45, 2.75) is 6.61 Å². The molecule has 0 unspecified atom stereocenters. The van der Waals surface area contributed by atoms with Gasteiger partial charge in [0, 0.05) is 28.3 Å². The van der Waals surface area contributed by atoms with E-state index in [4.69, 9.17) is 30.5 Å². The molecule has 25 heavy (non-hydrogen) atoms. The summed E-state index contributed by atoms with van der Waals surface area (Å²) in [7, 11) is 4.61. The summed E-state index contributed by atoms with van der Waals surface area (Å²) in [5.41, 5.74) is 1.41. The predicted molar refractivity (Wildman–Crippen MR) is 96.4 cm³/mol. The lowest BCUT2D eigenvalue weighted by atomic mass is 10.1. The van der Waals surface area contributed by atoms with Crippen molar-refractivity contribution >= 4 is 23.6 Å². The van der Waals surface area contributed by atoms with E-state index in [0.717, 1.165) is 5.56 Å². The second-order valence-corrected chi connectivity index (χ2v) is 5.39. The average Bonchev–Trinajstić information content (AvgIpc) is 2.64. The zero-order valence-electron chi connectivity index (χ0n) is 14.2. The first-order chi connectivity index (χ1) is 12.1. The van der Waals surface area contributed by atoms with Crippen LogP contribution in [0.5, 0.6) is 17.2 Å². The summed E-state index contributed by atoms with van der Waals surface area (Å²) in [5.74, 6) is 1.13. The zero-order valence-corrected chi connectivity index (χ0v) is 15.0. The molecular formula is C19H19ClO5. The minimum Gasteiger partial charge on any atom is -0.496 e. The van der Waals surface area contributed by atoms with Gasteiger partial charge in [0.05, 0.1) is 21.3 Å². The third kappa shape index (κ3) is 4.90. The summed E-state index contributed by atoms with van der Waals surface area (Å²) in [6, 6.07) is 10.6. The number of carbonyl (C=O) groups excluding carboxylic acids is 1. The van der Waals surface area contributed by atoms with E-state index in [-0.39, 0.29) is 6.61 Å². The van der Waals surface area contributed by atoms with Crippen LogP contribution in [0.2, 0.25) is 5.02 Å². The van der Waals surface area contributed by atoms with Crippen molar-refractivity contribution in [1.29, 1.82) is 0 Å². The molecule has 0 saturated heterocycles. The van der Waals surface area contributed by atoms with Crippen molar-refractivity contribution < 1.29 is 23.7 Å². The van der Waals surface area contributed by atoms with Gasteiger partial charge >= 0.3 is 5.97 Å². The molecule has 0 aliphatic carbocycles. The Morgan fingerprint density at radius 3 is 2.28 bits per heavy atom. The molecule has 0 amide bonds. The Balaban J connectivity index is 2.10. The highest BCUT2D eigenvalue weighted by molar-refractivity contribution is 6.31. The van der Waals surface area contributed by atoms with Crippen LogP contribution in [-0.4, -0.2) is 27.3 Å². The van der Waals surface area contributed by atoms with Gasteiger partial charge in [-0.05, 0) is 18.2 Å².